The van der Waals surface area contributed by atoms with Gasteiger partial charge in [0.05, 0.1) is 16.5 Å². The van der Waals surface area contributed by atoms with Crippen LogP contribution in [0.2, 0.25) is 0 Å². The number of hydrogen-bond donors (Lipinski definition) is 2. The third-order valence-corrected chi connectivity index (χ3v) is 5.16. The van der Waals surface area contributed by atoms with Crippen molar-refractivity contribution in [3.8, 4) is 0 Å². The molecule has 0 spiro atoms. The topological polar surface area (TPSA) is 88.2 Å². The molecule has 0 saturated carbocycles. The lowest BCUT2D eigenvalue weighted by molar-refractivity contribution is -0.125. The van der Waals surface area contributed by atoms with Crippen LogP contribution in [0.3, 0.4) is 0 Å². The molecule has 1 aliphatic rings. The number of rotatable bonds is 6. The Morgan fingerprint density at radius 1 is 1.29 bits per heavy atom. The number of anilines is 1. The summed E-state index contributed by atoms with van der Waals surface area (Å²) in [5.74, 6) is -0.333. The largest absolute Gasteiger partial charge is 0.354 e. The maximum Gasteiger partial charge on any atom is 0.226 e. The zero-order valence-corrected chi connectivity index (χ0v) is 15.5. The first-order valence-electron chi connectivity index (χ1n) is 8.43. The SMILES string of the molecule is CC[C@H](C)CC(=O)Nc1nc2c(s1)C(=O)C[C@@H](C(=O)NC(C)C)C2. The Bertz CT molecular complexity index is 639. The molecule has 1 heterocycles. The number of carbonyl (C=O) groups is 3. The summed E-state index contributed by atoms with van der Waals surface area (Å²) >= 11 is 1.21. The van der Waals surface area contributed by atoms with Crippen LogP contribution in [0.1, 0.15) is 62.3 Å². The third-order valence-electron chi connectivity index (χ3n) is 4.10. The standard InChI is InChI=1S/C17H25N3O3S/c1-5-10(4)6-14(22)20-17-19-12-7-11(16(23)18-9(2)3)8-13(21)15(12)24-17/h9-11H,5-8H2,1-4H3,(H,18,23)(H,19,20,22)/t10-,11-/m0/s1. The minimum absolute atomic E-state index is 0.0415. The summed E-state index contributed by atoms with van der Waals surface area (Å²) in [5, 5.41) is 6.07. The van der Waals surface area contributed by atoms with Crippen LogP contribution in [-0.4, -0.2) is 28.6 Å². The number of nitrogens with one attached hydrogen (secondary N) is 2. The highest BCUT2D eigenvalue weighted by molar-refractivity contribution is 7.17. The predicted octanol–water partition coefficient (Wildman–Crippen LogP) is 2.79. The molecule has 0 unspecified atom stereocenters. The molecule has 1 aromatic rings. The Hall–Kier alpha value is -1.76. The summed E-state index contributed by atoms with van der Waals surface area (Å²) in [7, 11) is 0. The molecule has 7 heteroatoms. The van der Waals surface area contributed by atoms with Crippen molar-refractivity contribution in [1.29, 1.82) is 0 Å². The highest BCUT2D eigenvalue weighted by Crippen LogP contribution is 2.32. The smallest absolute Gasteiger partial charge is 0.226 e. The van der Waals surface area contributed by atoms with E-state index in [1.165, 1.54) is 11.3 Å². The Morgan fingerprint density at radius 2 is 2.00 bits per heavy atom. The molecule has 132 valence electrons. The number of nitrogens with zero attached hydrogens (tertiary/aromatic N) is 1. The monoisotopic (exact) mass is 351 g/mol. The lowest BCUT2D eigenvalue weighted by atomic mass is 9.89. The molecule has 1 aliphatic carbocycles. The van der Waals surface area contributed by atoms with Crippen molar-refractivity contribution in [1.82, 2.24) is 10.3 Å². The van der Waals surface area contributed by atoms with E-state index in [2.05, 4.69) is 15.6 Å². The van der Waals surface area contributed by atoms with E-state index in [9.17, 15) is 14.4 Å². The second-order valence-corrected chi connectivity index (χ2v) is 7.75. The van der Waals surface area contributed by atoms with Crippen molar-refractivity contribution in [2.45, 2.75) is 59.4 Å². The second kappa shape index (κ2) is 7.88. The summed E-state index contributed by atoms with van der Waals surface area (Å²) in [6.07, 6.45) is 2.02. The third kappa shape index (κ3) is 4.63. The van der Waals surface area contributed by atoms with Gasteiger partial charge >= 0.3 is 0 Å². The zero-order valence-electron chi connectivity index (χ0n) is 14.6. The fourth-order valence-corrected chi connectivity index (χ4v) is 3.56. The maximum atomic E-state index is 12.3. The number of fused-ring (bicyclic) bond motifs is 1. The molecule has 0 fully saturated rings. The number of hydrogen-bond acceptors (Lipinski definition) is 5. The van der Waals surface area contributed by atoms with Gasteiger partial charge in [-0.15, -0.1) is 0 Å². The van der Waals surface area contributed by atoms with E-state index in [-0.39, 0.29) is 36.0 Å². The van der Waals surface area contributed by atoms with E-state index in [0.29, 0.717) is 34.5 Å². The van der Waals surface area contributed by atoms with Crippen LogP contribution in [0.4, 0.5) is 5.13 Å². The van der Waals surface area contributed by atoms with E-state index in [4.69, 9.17) is 0 Å². The average molecular weight is 351 g/mol. The summed E-state index contributed by atoms with van der Waals surface area (Å²) in [6, 6.07) is 0.0415. The van der Waals surface area contributed by atoms with Gasteiger partial charge in [0.1, 0.15) is 0 Å². The first-order valence-corrected chi connectivity index (χ1v) is 9.24. The van der Waals surface area contributed by atoms with Crippen molar-refractivity contribution in [3.05, 3.63) is 10.6 Å². The molecule has 2 atom stereocenters. The maximum absolute atomic E-state index is 12.3. The number of aromatic nitrogens is 1. The lowest BCUT2D eigenvalue weighted by Gasteiger charge is -2.20. The number of amides is 2. The molecular formula is C17H25N3O3S. The first-order chi connectivity index (χ1) is 11.3. The fraction of sp³-hybridized carbons (Fsp3) is 0.647. The predicted molar refractivity (Wildman–Crippen MR) is 94.2 cm³/mol. The van der Waals surface area contributed by atoms with Crippen LogP contribution >= 0.6 is 11.3 Å². The molecule has 0 aromatic carbocycles. The quantitative estimate of drug-likeness (QED) is 0.825. The van der Waals surface area contributed by atoms with Gasteiger partial charge in [-0.1, -0.05) is 31.6 Å². The summed E-state index contributed by atoms with van der Waals surface area (Å²) in [6.45, 7) is 7.85. The van der Waals surface area contributed by atoms with Gasteiger partial charge in [-0.05, 0) is 19.8 Å². The fourth-order valence-electron chi connectivity index (χ4n) is 2.60. The van der Waals surface area contributed by atoms with Crippen LogP contribution in [0.25, 0.3) is 0 Å². The van der Waals surface area contributed by atoms with Crippen LogP contribution in [0, 0.1) is 11.8 Å². The van der Waals surface area contributed by atoms with Gasteiger partial charge in [-0.25, -0.2) is 4.98 Å². The van der Waals surface area contributed by atoms with Gasteiger partial charge < -0.3 is 10.6 Å². The lowest BCUT2D eigenvalue weighted by Crippen LogP contribution is -2.39. The molecule has 0 aliphatic heterocycles. The summed E-state index contributed by atoms with van der Waals surface area (Å²) in [5.41, 5.74) is 0.624. The average Bonchev–Trinajstić information content (AvgIpc) is 2.89. The molecule has 6 nitrogen and oxygen atoms in total. The van der Waals surface area contributed by atoms with Crippen molar-refractivity contribution < 1.29 is 14.4 Å². The normalized spacial score (nSPS) is 18.2. The van der Waals surface area contributed by atoms with Gasteiger partial charge in [0.25, 0.3) is 0 Å². The highest BCUT2D eigenvalue weighted by atomic mass is 32.1. The van der Waals surface area contributed by atoms with Gasteiger partial charge in [-0.3, -0.25) is 14.4 Å². The Kier molecular flexibility index (Phi) is 6.10. The van der Waals surface area contributed by atoms with E-state index < -0.39 is 0 Å². The van der Waals surface area contributed by atoms with Crippen molar-refractivity contribution in [3.63, 3.8) is 0 Å². The minimum atomic E-state index is -0.377. The molecule has 2 amide bonds. The van der Waals surface area contributed by atoms with Crippen LogP contribution in [0.5, 0.6) is 0 Å². The summed E-state index contributed by atoms with van der Waals surface area (Å²) < 4.78 is 0. The van der Waals surface area contributed by atoms with Crippen LogP contribution in [0.15, 0.2) is 0 Å². The van der Waals surface area contributed by atoms with E-state index in [0.717, 1.165) is 6.42 Å². The van der Waals surface area contributed by atoms with Gasteiger partial charge in [0, 0.05) is 25.3 Å². The van der Waals surface area contributed by atoms with Crippen molar-refractivity contribution in [2.75, 3.05) is 5.32 Å². The van der Waals surface area contributed by atoms with Gasteiger partial charge in [0.2, 0.25) is 11.8 Å². The first kappa shape index (κ1) is 18.6. The summed E-state index contributed by atoms with van der Waals surface area (Å²) in [4.78, 5) is 41.4. The Morgan fingerprint density at radius 3 is 2.62 bits per heavy atom. The molecule has 0 bridgehead atoms. The molecule has 0 saturated heterocycles. The number of carbonyl (C=O) groups excluding carboxylic acids is 3. The van der Waals surface area contributed by atoms with Crippen LogP contribution < -0.4 is 10.6 Å². The molecule has 2 rings (SSSR count). The molecule has 0 radical (unpaired) electrons. The Balaban J connectivity index is 2.06. The molecule has 24 heavy (non-hydrogen) atoms. The number of Topliss-reactive ketones (excluding diaryl/α,β-unsaturated/α-hetero) is 1. The van der Waals surface area contributed by atoms with Gasteiger partial charge in [0.15, 0.2) is 10.9 Å². The molecule has 1 aromatic heterocycles. The van der Waals surface area contributed by atoms with Gasteiger partial charge in [-0.2, -0.15) is 0 Å². The van der Waals surface area contributed by atoms with Crippen molar-refractivity contribution >= 4 is 34.1 Å². The Labute approximate surface area is 146 Å². The van der Waals surface area contributed by atoms with E-state index >= 15 is 0 Å². The molecular weight excluding hydrogens is 326 g/mol. The van der Waals surface area contributed by atoms with E-state index in [1.807, 2.05) is 27.7 Å². The van der Waals surface area contributed by atoms with E-state index in [1.54, 1.807) is 0 Å². The second-order valence-electron chi connectivity index (χ2n) is 6.75. The number of ketones is 1. The van der Waals surface area contributed by atoms with Crippen molar-refractivity contribution in [2.24, 2.45) is 11.8 Å². The minimum Gasteiger partial charge on any atom is -0.354 e. The molecule has 2 N–H and O–H groups in total. The highest BCUT2D eigenvalue weighted by Gasteiger charge is 2.33. The number of thiazole rings is 1. The van der Waals surface area contributed by atoms with Crippen LogP contribution in [-0.2, 0) is 16.0 Å². The zero-order chi connectivity index (χ0) is 17.9.